The smallest absolute Gasteiger partial charge is 0.255 e. The highest BCUT2D eigenvalue weighted by molar-refractivity contribution is 14.0. The molecule has 6 nitrogen and oxygen atoms in total. The van der Waals surface area contributed by atoms with E-state index in [1.807, 2.05) is 39.0 Å². The van der Waals surface area contributed by atoms with E-state index in [0.717, 1.165) is 11.1 Å². The molecule has 0 spiro atoms. The zero-order valence-corrected chi connectivity index (χ0v) is 21.0. The Morgan fingerprint density at radius 3 is 2.61 bits per heavy atom. The lowest BCUT2D eigenvalue weighted by atomic mass is 9.84. The third-order valence-corrected chi connectivity index (χ3v) is 4.71. The normalized spacial score (nSPS) is 11.5. The fourth-order valence-corrected chi connectivity index (χ4v) is 3.26. The van der Waals surface area contributed by atoms with Gasteiger partial charge in [0.2, 0.25) is 0 Å². The van der Waals surface area contributed by atoms with Gasteiger partial charge >= 0.3 is 0 Å². The number of halogens is 3. The van der Waals surface area contributed by atoms with Crippen LogP contribution in [0, 0.1) is 5.82 Å². The topological polar surface area (TPSA) is 88.7 Å². The second kappa shape index (κ2) is 12.7. The third kappa shape index (κ3) is 8.90. The molecule has 0 aliphatic rings. The number of benzene rings is 2. The molecule has 0 bridgehead atoms. The van der Waals surface area contributed by atoms with Crippen LogP contribution in [-0.2, 0) is 16.8 Å². The van der Waals surface area contributed by atoms with E-state index in [2.05, 4.69) is 15.6 Å². The number of guanidine groups is 1. The molecular formula is C22H29ClFIN4O2. The molecule has 2 rings (SSSR count). The summed E-state index contributed by atoms with van der Waals surface area (Å²) in [5.41, 5.74) is 6.55. The van der Waals surface area contributed by atoms with Crippen molar-refractivity contribution < 1.29 is 13.9 Å². The molecule has 0 heterocycles. The van der Waals surface area contributed by atoms with Crippen molar-refractivity contribution in [2.45, 2.75) is 32.7 Å². The summed E-state index contributed by atoms with van der Waals surface area (Å²) in [7, 11) is 0. The number of rotatable bonds is 9. The first-order chi connectivity index (χ1) is 14.2. The number of carbonyl (C=O) groups excluding carboxylic acids is 1. The first kappa shape index (κ1) is 27.0. The molecule has 1 amide bonds. The van der Waals surface area contributed by atoms with Crippen LogP contribution in [0.4, 0.5) is 4.39 Å². The highest BCUT2D eigenvalue weighted by Crippen LogP contribution is 2.29. The maximum absolute atomic E-state index is 13.4. The first-order valence-corrected chi connectivity index (χ1v) is 10.1. The van der Waals surface area contributed by atoms with Gasteiger partial charge < -0.3 is 21.1 Å². The average molecular weight is 563 g/mol. The Labute approximate surface area is 204 Å². The summed E-state index contributed by atoms with van der Waals surface area (Å²) in [5.74, 6) is 0.323. The molecule has 0 aliphatic carbocycles. The zero-order valence-electron chi connectivity index (χ0n) is 17.9. The number of hydrogen-bond acceptors (Lipinski definition) is 3. The quantitative estimate of drug-likeness (QED) is 0.245. The third-order valence-electron chi connectivity index (χ3n) is 4.40. The van der Waals surface area contributed by atoms with Gasteiger partial charge in [0.1, 0.15) is 11.6 Å². The van der Waals surface area contributed by atoms with Crippen LogP contribution in [0.1, 0.15) is 31.9 Å². The second-order valence-electron chi connectivity index (χ2n) is 7.46. The average Bonchev–Trinajstić information content (AvgIpc) is 2.68. The summed E-state index contributed by atoms with van der Waals surface area (Å²) in [6, 6.07) is 11.8. The summed E-state index contributed by atoms with van der Waals surface area (Å²) in [5, 5.41) is 6.93. The molecule has 0 atom stereocenters. The summed E-state index contributed by atoms with van der Waals surface area (Å²) >= 11 is 6.24. The van der Waals surface area contributed by atoms with Crippen molar-refractivity contribution in [3.05, 3.63) is 64.4 Å². The molecule has 0 radical (unpaired) electrons. The molecule has 0 aromatic heterocycles. The van der Waals surface area contributed by atoms with Crippen LogP contribution in [0.25, 0.3) is 0 Å². The number of nitrogens with zero attached hydrogens (tertiary/aromatic N) is 1. The van der Waals surface area contributed by atoms with Gasteiger partial charge in [0.25, 0.3) is 5.91 Å². The van der Waals surface area contributed by atoms with E-state index in [4.69, 9.17) is 22.1 Å². The zero-order chi connectivity index (χ0) is 22.1. The van der Waals surface area contributed by atoms with E-state index in [1.54, 1.807) is 12.1 Å². The fourth-order valence-electron chi connectivity index (χ4n) is 2.84. The Balaban J connectivity index is 0.00000480. The number of ether oxygens (including phenoxy) is 1. The molecule has 4 N–H and O–H groups in total. The highest BCUT2D eigenvalue weighted by atomic mass is 127. The summed E-state index contributed by atoms with van der Waals surface area (Å²) in [4.78, 5) is 15.5. The Bertz CT molecular complexity index is 909. The number of aliphatic imine (C=N–C) groups is 1. The molecule has 31 heavy (non-hydrogen) atoms. The Morgan fingerprint density at radius 1 is 1.23 bits per heavy atom. The van der Waals surface area contributed by atoms with Crippen molar-refractivity contribution in [2.24, 2.45) is 10.7 Å². The molecule has 2 aromatic rings. The van der Waals surface area contributed by atoms with Gasteiger partial charge in [-0.1, -0.05) is 43.6 Å². The van der Waals surface area contributed by atoms with Crippen LogP contribution in [0.5, 0.6) is 5.75 Å². The van der Waals surface area contributed by atoms with Gasteiger partial charge in [-0.05, 0) is 42.3 Å². The van der Waals surface area contributed by atoms with Crippen LogP contribution in [0.15, 0.2) is 47.5 Å². The molecular weight excluding hydrogens is 534 g/mol. The monoisotopic (exact) mass is 562 g/mol. The van der Waals surface area contributed by atoms with Crippen LogP contribution in [-0.4, -0.2) is 31.6 Å². The predicted molar refractivity (Wildman–Crippen MR) is 134 cm³/mol. The SMILES string of the molecule is CCNC(=NCc1cccc(OCC(N)=O)c1)NCC(C)(C)c1ccc(F)cc1Cl.I. The van der Waals surface area contributed by atoms with Crippen molar-refractivity contribution in [1.82, 2.24) is 10.6 Å². The van der Waals surface area contributed by atoms with E-state index in [1.165, 1.54) is 12.1 Å². The van der Waals surface area contributed by atoms with Gasteiger partial charge in [-0.2, -0.15) is 0 Å². The van der Waals surface area contributed by atoms with Gasteiger partial charge in [0.15, 0.2) is 12.6 Å². The van der Waals surface area contributed by atoms with E-state index < -0.39 is 5.91 Å². The molecule has 0 fully saturated rings. The molecule has 170 valence electrons. The van der Waals surface area contributed by atoms with Crippen LogP contribution < -0.4 is 21.1 Å². The summed E-state index contributed by atoms with van der Waals surface area (Å²) in [6.07, 6.45) is 0. The van der Waals surface area contributed by atoms with E-state index >= 15 is 0 Å². The minimum Gasteiger partial charge on any atom is -0.484 e. The number of hydrogen-bond donors (Lipinski definition) is 3. The van der Waals surface area contributed by atoms with Gasteiger partial charge in [-0.25, -0.2) is 9.38 Å². The minimum atomic E-state index is -0.527. The highest BCUT2D eigenvalue weighted by Gasteiger charge is 2.24. The van der Waals surface area contributed by atoms with E-state index in [9.17, 15) is 9.18 Å². The van der Waals surface area contributed by atoms with Crippen molar-refractivity contribution in [2.75, 3.05) is 19.7 Å². The maximum atomic E-state index is 13.4. The summed E-state index contributed by atoms with van der Waals surface area (Å²) in [6.45, 7) is 7.54. The Kier molecular flexibility index (Phi) is 11.1. The fraction of sp³-hybridized carbons (Fsp3) is 0.364. The standard InChI is InChI=1S/C22H28ClFN4O2.HI/c1-4-26-21(27-12-15-6-5-7-17(10-15)30-13-20(25)29)28-14-22(2,3)18-9-8-16(24)11-19(18)23;/h5-11H,4,12-14H2,1-3H3,(H2,25,29)(H2,26,27,28);1H. The molecule has 9 heteroatoms. The number of nitrogens with two attached hydrogens (primary N) is 1. The van der Waals surface area contributed by atoms with Crippen LogP contribution in [0.3, 0.4) is 0 Å². The number of primary amides is 1. The molecule has 2 aromatic carbocycles. The lowest BCUT2D eigenvalue weighted by Crippen LogP contribution is -2.43. The van der Waals surface area contributed by atoms with Gasteiger partial charge in [-0.3, -0.25) is 4.79 Å². The lowest BCUT2D eigenvalue weighted by molar-refractivity contribution is -0.119. The number of carbonyl (C=O) groups is 1. The first-order valence-electron chi connectivity index (χ1n) is 9.69. The number of nitrogens with one attached hydrogen (secondary N) is 2. The Morgan fingerprint density at radius 2 is 1.97 bits per heavy atom. The van der Waals surface area contributed by atoms with E-state index in [0.29, 0.717) is 36.4 Å². The molecule has 0 saturated heterocycles. The van der Waals surface area contributed by atoms with E-state index in [-0.39, 0.29) is 41.8 Å². The van der Waals surface area contributed by atoms with Crippen LogP contribution >= 0.6 is 35.6 Å². The van der Waals surface area contributed by atoms with Crippen molar-refractivity contribution in [3.8, 4) is 5.75 Å². The van der Waals surface area contributed by atoms with Crippen molar-refractivity contribution >= 4 is 47.4 Å². The largest absolute Gasteiger partial charge is 0.484 e. The maximum Gasteiger partial charge on any atom is 0.255 e. The molecule has 0 saturated carbocycles. The lowest BCUT2D eigenvalue weighted by Gasteiger charge is -2.27. The molecule has 0 unspecified atom stereocenters. The molecule has 0 aliphatic heterocycles. The second-order valence-corrected chi connectivity index (χ2v) is 7.87. The predicted octanol–water partition coefficient (Wildman–Crippen LogP) is 3.99. The van der Waals surface area contributed by atoms with Crippen molar-refractivity contribution in [1.29, 1.82) is 0 Å². The van der Waals surface area contributed by atoms with Gasteiger partial charge in [-0.15, -0.1) is 24.0 Å². The number of amides is 1. The minimum absolute atomic E-state index is 0. The van der Waals surface area contributed by atoms with Crippen LogP contribution in [0.2, 0.25) is 5.02 Å². The summed E-state index contributed by atoms with van der Waals surface area (Å²) < 4.78 is 18.7. The van der Waals surface area contributed by atoms with Gasteiger partial charge in [0.05, 0.1) is 6.54 Å². The van der Waals surface area contributed by atoms with Gasteiger partial charge in [0, 0.05) is 23.5 Å². The Hall–Kier alpha value is -2.07. The van der Waals surface area contributed by atoms with Crippen molar-refractivity contribution in [3.63, 3.8) is 0 Å².